The van der Waals surface area contributed by atoms with Crippen LogP contribution in [0.1, 0.15) is 36.0 Å². The molecular weight excluding hydrogens is 316 g/mol. The molecule has 0 aliphatic rings. The van der Waals surface area contributed by atoms with E-state index in [-0.39, 0.29) is 18.0 Å². The summed E-state index contributed by atoms with van der Waals surface area (Å²) < 4.78 is 7.39. The Morgan fingerprint density at radius 1 is 1.39 bits per heavy atom. The summed E-state index contributed by atoms with van der Waals surface area (Å²) in [4.78, 5) is 16.4. The van der Waals surface area contributed by atoms with Crippen molar-refractivity contribution < 1.29 is 9.21 Å². The molecule has 1 aromatic carbocycles. The van der Waals surface area contributed by atoms with Gasteiger partial charge in [-0.15, -0.1) is 0 Å². The first-order chi connectivity index (χ1) is 11.0. The maximum absolute atomic E-state index is 12.5. The van der Waals surface area contributed by atoms with Crippen LogP contribution in [-0.2, 0) is 0 Å². The highest BCUT2D eigenvalue weighted by Crippen LogP contribution is 2.28. The van der Waals surface area contributed by atoms with Crippen molar-refractivity contribution in [2.45, 2.75) is 32.9 Å². The Balaban J connectivity index is 1.82. The van der Waals surface area contributed by atoms with E-state index in [1.807, 2.05) is 20.8 Å². The molecule has 23 heavy (non-hydrogen) atoms. The van der Waals surface area contributed by atoms with Gasteiger partial charge in [-0.05, 0) is 39.0 Å². The molecular formula is C16H17ClN4O2. The van der Waals surface area contributed by atoms with Gasteiger partial charge in [0.1, 0.15) is 18.2 Å². The zero-order valence-electron chi connectivity index (χ0n) is 13.1. The van der Waals surface area contributed by atoms with E-state index < -0.39 is 0 Å². The number of amides is 1. The molecule has 2 atom stereocenters. The van der Waals surface area contributed by atoms with Gasteiger partial charge in [-0.25, -0.2) is 9.67 Å². The number of halogens is 1. The summed E-state index contributed by atoms with van der Waals surface area (Å²) in [7, 11) is 0. The molecule has 0 fully saturated rings. The molecule has 2 aromatic heterocycles. The van der Waals surface area contributed by atoms with E-state index in [4.69, 9.17) is 16.0 Å². The minimum atomic E-state index is -0.255. The molecule has 0 bridgehead atoms. The highest BCUT2D eigenvalue weighted by molar-refractivity contribution is 6.31. The molecule has 3 rings (SSSR count). The number of nitrogens with zero attached hydrogens (tertiary/aromatic N) is 3. The third kappa shape index (κ3) is 2.94. The molecule has 1 N–H and O–H groups in total. The standard InChI is InChI=1S/C16H17ClN4O2/c1-9-13-6-12(17)4-5-14(13)23-15(9)16(22)20-10(2)11(3)21-8-18-7-19-21/h4-8,10-11H,1-3H3,(H,20,22)/t10-,11+/m1/s1. The number of aryl methyl sites for hydroxylation is 1. The molecule has 120 valence electrons. The van der Waals surface area contributed by atoms with Crippen LogP contribution < -0.4 is 5.32 Å². The molecule has 0 aliphatic heterocycles. The van der Waals surface area contributed by atoms with E-state index in [2.05, 4.69) is 15.4 Å². The molecule has 0 saturated carbocycles. The van der Waals surface area contributed by atoms with Gasteiger partial charge in [-0.1, -0.05) is 11.6 Å². The van der Waals surface area contributed by atoms with Crippen molar-refractivity contribution in [3.05, 3.63) is 47.2 Å². The lowest BCUT2D eigenvalue weighted by atomic mass is 10.1. The summed E-state index contributed by atoms with van der Waals surface area (Å²) in [5, 5.41) is 8.50. The Hall–Kier alpha value is -2.34. The van der Waals surface area contributed by atoms with Gasteiger partial charge in [0.25, 0.3) is 5.91 Å². The largest absolute Gasteiger partial charge is 0.451 e. The number of nitrogens with one attached hydrogen (secondary N) is 1. The first-order valence-corrected chi connectivity index (χ1v) is 7.69. The summed E-state index contributed by atoms with van der Waals surface area (Å²) in [6, 6.07) is 5.14. The molecule has 0 radical (unpaired) electrons. The molecule has 3 aromatic rings. The van der Waals surface area contributed by atoms with E-state index in [0.29, 0.717) is 16.4 Å². The summed E-state index contributed by atoms with van der Waals surface area (Å²) >= 11 is 6.00. The van der Waals surface area contributed by atoms with Crippen molar-refractivity contribution in [1.29, 1.82) is 0 Å². The number of carbonyl (C=O) groups excluding carboxylic acids is 1. The highest BCUT2D eigenvalue weighted by atomic mass is 35.5. The van der Waals surface area contributed by atoms with Crippen molar-refractivity contribution in [2.24, 2.45) is 0 Å². The average molecular weight is 333 g/mol. The molecule has 0 unspecified atom stereocenters. The van der Waals surface area contributed by atoms with Crippen LogP contribution in [0.2, 0.25) is 5.02 Å². The first-order valence-electron chi connectivity index (χ1n) is 7.31. The Morgan fingerprint density at radius 2 is 2.17 bits per heavy atom. The van der Waals surface area contributed by atoms with Crippen LogP contribution in [0.15, 0.2) is 35.3 Å². The molecule has 2 heterocycles. The van der Waals surface area contributed by atoms with Gasteiger partial charge in [-0.3, -0.25) is 4.79 Å². The topological polar surface area (TPSA) is 73.0 Å². The normalized spacial score (nSPS) is 13.9. The van der Waals surface area contributed by atoms with Crippen LogP contribution in [0.5, 0.6) is 0 Å². The van der Waals surface area contributed by atoms with Gasteiger partial charge >= 0.3 is 0 Å². The second-order valence-corrected chi connectivity index (χ2v) is 6.01. The van der Waals surface area contributed by atoms with Gasteiger partial charge in [0.05, 0.1) is 6.04 Å². The van der Waals surface area contributed by atoms with Crippen molar-refractivity contribution in [3.63, 3.8) is 0 Å². The van der Waals surface area contributed by atoms with Crippen molar-refractivity contribution in [2.75, 3.05) is 0 Å². The number of fused-ring (bicyclic) bond motifs is 1. The van der Waals surface area contributed by atoms with Crippen molar-refractivity contribution in [3.8, 4) is 0 Å². The average Bonchev–Trinajstić information content (AvgIpc) is 3.15. The lowest BCUT2D eigenvalue weighted by Crippen LogP contribution is -2.38. The first kappa shape index (κ1) is 15.6. The molecule has 6 nitrogen and oxygen atoms in total. The van der Waals surface area contributed by atoms with Gasteiger partial charge in [0, 0.05) is 22.0 Å². The van der Waals surface area contributed by atoms with Crippen LogP contribution in [0.25, 0.3) is 11.0 Å². The number of benzene rings is 1. The number of hydrogen-bond acceptors (Lipinski definition) is 4. The van der Waals surface area contributed by atoms with Gasteiger partial charge < -0.3 is 9.73 Å². The van der Waals surface area contributed by atoms with E-state index in [0.717, 1.165) is 10.9 Å². The summed E-state index contributed by atoms with van der Waals surface area (Å²) in [5.41, 5.74) is 1.43. The van der Waals surface area contributed by atoms with Gasteiger partial charge in [0.15, 0.2) is 5.76 Å². The minimum Gasteiger partial charge on any atom is -0.451 e. The second kappa shape index (κ2) is 6.04. The third-order valence-electron chi connectivity index (χ3n) is 4.04. The molecule has 0 aliphatic carbocycles. The van der Waals surface area contributed by atoms with E-state index >= 15 is 0 Å². The lowest BCUT2D eigenvalue weighted by Gasteiger charge is -2.20. The Labute approximate surface area is 138 Å². The number of carbonyl (C=O) groups is 1. The maximum Gasteiger partial charge on any atom is 0.287 e. The van der Waals surface area contributed by atoms with Crippen LogP contribution >= 0.6 is 11.6 Å². The van der Waals surface area contributed by atoms with Crippen molar-refractivity contribution in [1.82, 2.24) is 20.1 Å². The zero-order valence-corrected chi connectivity index (χ0v) is 13.8. The highest BCUT2D eigenvalue weighted by Gasteiger charge is 2.22. The quantitative estimate of drug-likeness (QED) is 0.795. The SMILES string of the molecule is Cc1c(C(=O)N[C@H](C)[C@H](C)n2cncn2)oc2ccc(Cl)cc12. The predicted octanol–water partition coefficient (Wildman–Crippen LogP) is 3.37. The molecule has 7 heteroatoms. The third-order valence-corrected chi connectivity index (χ3v) is 4.28. The summed E-state index contributed by atoms with van der Waals surface area (Å²) in [6.07, 6.45) is 3.10. The van der Waals surface area contributed by atoms with Crippen LogP contribution in [0.3, 0.4) is 0 Å². The van der Waals surface area contributed by atoms with Crippen molar-refractivity contribution >= 4 is 28.5 Å². The van der Waals surface area contributed by atoms with Gasteiger partial charge in [0.2, 0.25) is 0 Å². The second-order valence-electron chi connectivity index (χ2n) is 5.57. The number of furan rings is 1. The fourth-order valence-corrected chi connectivity index (χ4v) is 2.63. The zero-order chi connectivity index (χ0) is 16.6. The fraction of sp³-hybridized carbons (Fsp3) is 0.312. The fourth-order valence-electron chi connectivity index (χ4n) is 2.46. The number of aromatic nitrogens is 3. The van der Waals surface area contributed by atoms with Crippen LogP contribution in [-0.4, -0.2) is 26.7 Å². The van der Waals surface area contributed by atoms with Crippen LogP contribution in [0.4, 0.5) is 0 Å². The number of rotatable bonds is 4. The predicted molar refractivity (Wildman–Crippen MR) is 87.6 cm³/mol. The van der Waals surface area contributed by atoms with E-state index in [1.54, 1.807) is 29.2 Å². The monoisotopic (exact) mass is 332 g/mol. The Kier molecular flexibility index (Phi) is 4.09. The van der Waals surface area contributed by atoms with Crippen LogP contribution in [0, 0.1) is 6.92 Å². The maximum atomic E-state index is 12.5. The molecule has 1 amide bonds. The van der Waals surface area contributed by atoms with E-state index in [1.165, 1.54) is 6.33 Å². The summed E-state index contributed by atoms with van der Waals surface area (Å²) in [6.45, 7) is 5.73. The lowest BCUT2D eigenvalue weighted by molar-refractivity contribution is 0.0901. The summed E-state index contributed by atoms with van der Waals surface area (Å²) in [5.74, 6) is 0.0502. The van der Waals surface area contributed by atoms with E-state index in [9.17, 15) is 4.79 Å². The number of hydrogen-bond donors (Lipinski definition) is 1. The minimum absolute atomic E-state index is 0.0272. The Bertz CT molecular complexity index is 841. The van der Waals surface area contributed by atoms with Gasteiger partial charge in [-0.2, -0.15) is 5.10 Å². The molecule has 0 saturated heterocycles. The smallest absolute Gasteiger partial charge is 0.287 e. The molecule has 0 spiro atoms. The Morgan fingerprint density at radius 3 is 2.87 bits per heavy atom.